The monoisotopic (exact) mass is 404 g/mol. The van der Waals surface area contributed by atoms with Crippen LogP contribution < -0.4 is 9.47 Å². The minimum atomic E-state index is -0.467. The number of halogens is 1. The van der Waals surface area contributed by atoms with Crippen LogP contribution in [0.15, 0.2) is 46.9 Å². The van der Waals surface area contributed by atoms with Crippen molar-refractivity contribution in [3.05, 3.63) is 58.1 Å². The molecule has 2 aromatic carbocycles. The fourth-order valence-corrected chi connectivity index (χ4v) is 2.57. The predicted molar refractivity (Wildman–Crippen MR) is 100 cm³/mol. The van der Waals surface area contributed by atoms with Crippen molar-refractivity contribution in [1.29, 1.82) is 0 Å². The average Bonchev–Trinajstić information content (AvgIpc) is 2.60. The summed E-state index contributed by atoms with van der Waals surface area (Å²) in [7, 11) is 0. The van der Waals surface area contributed by atoms with E-state index in [1.165, 1.54) is 0 Å². The molecule has 0 amide bonds. The zero-order valence-corrected chi connectivity index (χ0v) is 16.1. The number of hydrogen-bond donors (Lipinski definition) is 0. The lowest BCUT2D eigenvalue weighted by atomic mass is 10.1. The Morgan fingerprint density at radius 2 is 1.68 bits per heavy atom. The molecule has 0 heterocycles. The molecule has 2 aromatic rings. The van der Waals surface area contributed by atoms with E-state index in [9.17, 15) is 9.59 Å². The van der Waals surface area contributed by atoms with Gasteiger partial charge < -0.3 is 9.47 Å². The fourth-order valence-electron chi connectivity index (χ4n) is 2.08. The highest BCUT2D eigenvalue weighted by Crippen LogP contribution is 2.27. The van der Waals surface area contributed by atoms with Crippen molar-refractivity contribution < 1.29 is 19.1 Å². The van der Waals surface area contributed by atoms with Crippen LogP contribution in [0, 0.1) is 5.92 Å². The van der Waals surface area contributed by atoms with E-state index in [1.54, 1.807) is 42.5 Å². The summed E-state index contributed by atoms with van der Waals surface area (Å²) in [5.74, 6) is 1.09. The van der Waals surface area contributed by atoms with Gasteiger partial charge in [0.25, 0.3) is 0 Å². The number of ether oxygens (including phenoxy) is 2. The second kappa shape index (κ2) is 8.81. The summed E-state index contributed by atoms with van der Waals surface area (Å²) >= 11 is 3.41. The first-order valence-corrected chi connectivity index (χ1v) is 8.97. The van der Waals surface area contributed by atoms with E-state index in [2.05, 4.69) is 29.8 Å². The highest BCUT2D eigenvalue weighted by atomic mass is 79.9. The fraction of sp³-hybridized carbons (Fsp3) is 0.300. The Labute approximate surface area is 156 Å². The second-order valence-corrected chi connectivity index (χ2v) is 6.90. The third-order valence-electron chi connectivity index (χ3n) is 3.45. The minimum Gasteiger partial charge on any atom is -0.492 e. The van der Waals surface area contributed by atoms with Crippen molar-refractivity contribution in [2.45, 2.75) is 27.2 Å². The van der Waals surface area contributed by atoms with Crippen LogP contribution in [0.5, 0.6) is 11.5 Å². The lowest BCUT2D eigenvalue weighted by Crippen LogP contribution is -2.09. The molecule has 0 N–H and O–H groups in total. The Morgan fingerprint density at radius 3 is 2.24 bits per heavy atom. The highest BCUT2D eigenvalue weighted by Gasteiger charge is 2.12. The van der Waals surface area contributed by atoms with Gasteiger partial charge in [-0.15, -0.1) is 0 Å². The van der Waals surface area contributed by atoms with E-state index in [0.717, 1.165) is 0 Å². The molecule has 0 spiro atoms. The smallest absolute Gasteiger partial charge is 0.343 e. The minimum absolute atomic E-state index is 0.0544. The highest BCUT2D eigenvalue weighted by molar-refractivity contribution is 9.10. The number of carbonyl (C=O) groups excluding carboxylic acids is 2. The van der Waals surface area contributed by atoms with Gasteiger partial charge in [0.15, 0.2) is 5.78 Å². The van der Waals surface area contributed by atoms with Gasteiger partial charge in [0.05, 0.1) is 16.6 Å². The predicted octanol–water partition coefficient (Wildman–Crippen LogP) is 5.30. The van der Waals surface area contributed by atoms with Gasteiger partial charge in [0.2, 0.25) is 0 Å². The van der Waals surface area contributed by atoms with Gasteiger partial charge in [-0.3, -0.25) is 4.79 Å². The molecular weight excluding hydrogens is 384 g/mol. The average molecular weight is 405 g/mol. The van der Waals surface area contributed by atoms with Gasteiger partial charge in [-0.1, -0.05) is 20.8 Å². The van der Waals surface area contributed by atoms with Crippen LogP contribution in [0.4, 0.5) is 0 Å². The van der Waals surface area contributed by atoms with E-state index in [1.807, 2.05) is 6.92 Å². The van der Waals surface area contributed by atoms with Crippen LogP contribution >= 0.6 is 15.9 Å². The molecule has 0 atom stereocenters. The zero-order chi connectivity index (χ0) is 18.4. The van der Waals surface area contributed by atoms with E-state index < -0.39 is 5.97 Å². The van der Waals surface area contributed by atoms with Crippen molar-refractivity contribution in [3.8, 4) is 11.5 Å². The lowest BCUT2D eigenvalue weighted by Gasteiger charge is -2.11. The van der Waals surface area contributed by atoms with Gasteiger partial charge in [-0.25, -0.2) is 4.79 Å². The first kappa shape index (κ1) is 19.2. The molecule has 0 bridgehead atoms. The number of carbonyl (C=O) groups is 2. The maximum absolute atomic E-state index is 12.3. The molecule has 25 heavy (non-hydrogen) atoms. The van der Waals surface area contributed by atoms with Crippen LogP contribution in [-0.2, 0) is 0 Å². The second-order valence-electron chi connectivity index (χ2n) is 6.04. The van der Waals surface area contributed by atoms with Gasteiger partial charge in [-0.2, -0.15) is 0 Å². The first-order chi connectivity index (χ1) is 11.9. The van der Waals surface area contributed by atoms with Crippen molar-refractivity contribution in [3.63, 3.8) is 0 Å². The van der Waals surface area contributed by atoms with Gasteiger partial charge >= 0.3 is 5.97 Å². The Balaban J connectivity index is 2.05. The first-order valence-electron chi connectivity index (χ1n) is 8.18. The molecule has 132 valence electrons. The maximum atomic E-state index is 12.3. The molecule has 0 saturated heterocycles. The number of rotatable bonds is 7. The van der Waals surface area contributed by atoms with Crippen LogP contribution in [0.3, 0.4) is 0 Å². The van der Waals surface area contributed by atoms with Crippen molar-refractivity contribution in [2.75, 3.05) is 6.61 Å². The number of benzene rings is 2. The normalized spacial score (nSPS) is 10.6. The molecule has 0 aromatic heterocycles. The van der Waals surface area contributed by atoms with E-state index in [0.29, 0.717) is 46.0 Å². The quantitative estimate of drug-likeness (QED) is 0.357. The summed E-state index contributed by atoms with van der Waals surface area (Å²) < 4.78 is 11.7. The standard InChI is InChI=1S/C20H21BrO4/c1-4-18(22)14-5-8-16(9-6-14)25-20(23)15-7-10-19(17(21)11-15)24-12-13(2)3/h5-11,13H,4,12H2,1-3H3. The molecule has 0 fully saturated rings. The number of Topliss-reactive ketones (excluding diaryl/α,β-unsaturated/α-hetero) is 1. The molecule has 0 aliphatic heterocycles. The Hall–Kier alpha value is -2.14. The topological polar surface area (TPSA) is 52.6 Å². The number of ketones is 1. The molecule has 2 rings (SSSR count). The molecular formula is C20H21BrO4. The molecule has 4 nitrogen and oxygen atoms in total. The van der Waals surface area contributed by atoms with Gasteiger partial charge in [0.1, 0.15) is 11.5 Å². The van der Waals surface area contributed by atoms with Crippen molar-refractivity contribution >= 4 is 27.7 Å². The maximum Gasteiger partial charge on any atom is 0.343 e. The Kier molecular flexibility index (Phi) is 6.76. The molecule has 0 saturated carbocycles. The van der Waals surface area contributed by atoms with Crippen molar-refractivity contribution in [1.82, 2.24) is 0 Å². The van der Waals surface area contributed by atoms with Crippen LogP contribution in [0.2, 0.25) is 0 Å². The summed E-state index contributed by atoms with van der Waals surface area (Å²) in [5.41, 5.74) is 1.02. The Morgan fingerprint density at radius 1 is 1.04 bits per heavy atom. The van der Waals surface area contributed by atoms with Crippen LogP contribution in [0.1, 0.15) is 47.9 Å². The summed E-state index contributed by atoms with van der Waals surface area (Å²) in [5, 5.41) is 0. The molecule has 0 radical (unpaired) electrons. The van der Waals surface area contributed by atoms with Crippen LogP contribution in [-0.4, -0.2) is 18.4 Å². The summed E-state index contributed by atoms with van der Waals surface area (Å²) in [4.78, 5) is 23.9. The summed E-state index contributed by atoms with van der Waals surface area (Å²) in [6, 6.07) is 11.6. The number of esters is 1. The van der Waals surface area contributed by atoms with E-state index in [4.69, 9.17) is 9.47 Å². The SMILES string of the molecule is CCC(=O)c1ccc(OC(=O)c2ccc(OCC(C)C)c(Br)c2)cc1. The zero-order valence-electron chi connectivity index (χ0n) is 14.5. The third kappa shape index (κ3) is 5.43. The molecule has 0 aliphatic carbocycles. The van der Waals surface area contributed by atoms with E-state index in [-0.39, 0.29) is 5.78 Å². The summed E-state index contributed by atoms with van der Waals surface area (Å²) in [6.45, 7) is 6.55. The van der Waals surface area contributed by atoms with E-state index >= 15 is 0 Å². The van der Waals surface area contributed by atoms with Crippen LogP contribution in [0.25, 0.3) is 0 Å². The Bertz CT molecular complexity index is 751. The lowest BCUT2D eigenvalue weighted by molar-refractivity contribution is 0.0734. The molecule has 5 heteroatoms. The largest absolute Gasteiger partial charge is 0.492 e. The van der Waals surface area contributed by atoms with Gasteiger partial charge in [0, 0.05) is 12.0 Å². The van der Waals surface area contributed by atoms with Gasteiger partial charge in [-0.05, 0) is 64.3 Å². The number of hydrogen-bond acceptors (Lipinski definition) is 4. The van der Waals surface area contributed by atoms with Crippen molar-refractivity contribution in [2.24, 2.45) is 5.92 Å². The summed E-state index contributed by atoms with van der Waals surface area (Å²) in [6.07, 6.45) is 0.443. The molecule has 0 unspecified atom stereocenters. The third-order valence-corrected chi connectivity index (χ3v) is 4.07. The molecule has 0 aliphatic rings.